The van der Waals surface area contributed by atoms with Crippen molar-refractivity contribution >= 4 is 29.2 Å². The van der Waals surface area contributed by atoms with Crippen LogP contribution in [0, 0.1) is 5.82 Å². The van der Waals surface area contributed by atoms with E-state index in [0.29, 0.717) is 0 Å². The zero-order chi connectivity index (χ0) is 19.5. The first-order valence-corrected chi connectivity index (χ1v) is 7.60. The second-order valence-corrected chi connectivity index (χ2v) is 5.65. The third-order valence-corrected chi connectivity index (χ3v) is 3.57. The van der Waals surface area contributed by atoms with E-state index in [1.165, 1.54) is 13.0 Å². The van der Waals surface area contributed by atoms with Crippen LogP contribution in [0.2, 0.25) is 5.02 Å². The highest BCUT2D eigenvalue weighted by atomic mass is 35.5. The number of benzene rings is 2. The Bertz CT molecular complexity index is 839. The van der Waals surface area contributed by atoms with Gasteiger partial charge in [0.05, 0.1) is 16.1 Å². The zero-order valence-corrected chi connectivity index (χ0v) is 14.0. The van der Waals surface area contributed by atoms with Crippen molar-refractivity contribution in [2.24, 2.45) is 0 Å². The SMILES string of the molecule is C[C@H](OC(=O)c1ccc(F)cc1Cl)C(=O)Nc1cccc(C(F)(F)F)c1. The van der Waals surface area contributed by atoms with Crippen LogP contribution in [0.1, 0.15) is 22.8 Å². The Kier molecular flexibility index (Phi) is 5.86. The van der Waals surface area contributed by atoms with Gasteiger partial charge in [-0.15, -0.1) is 0 Å². The smallest absolute Gasteiger partial charge is 0.416 e. The third-order valence-electron chi connectivity index (χ3n) is 3.26. The van der Waals surface area contributed by atoms with Gasteiger partial charge in [0.2, 0.25) is 0 Å². The molecule has 0 saturated heterocycles. The van der Waals surface area contributed by atoms with Crippen LogP contribution >= 0.6 is 11.6 Å². The number of anilines is 1. The van der Waals surface area contributed by atoms with Crippen molar-refractivity contribution in [1.29, 1.82) is 0 Å². The van der Waals surface area contributed by atoms with Crippen molar-refractivity contribution in [3.8, 4) is 0 Å². The molecule has 0 saturated carbocycles. The fourth-order valence-corrected chi connectivity index (χ4v) is 2.19. The number of halogens is 5. The van der Waals surface area contributed by atoms with Gasteiger partial charge in [-0.25, -0.2) is 9.18 Å². The molecule has 0 aromatic heterocycles. The maximum atomic E-state index is 13.0. The molecule has 0 unspecified atom stereocenters. The molecule has 4 nitrogen and oxygen atoms in total. The van der Waals surface area contributed by atoms with Crippen molar-refractivity contribution in [3.05, 3.63) is 64.4 Å². The van der Waals surface area contributed by atoms with Crippen molar-refractivity contribution in [2.75, 3.05) is 5.32 Å². The molecule has 0 radical (unpaired) electrons. The van der Waals surface area contributed by atoms with Crippen LogP contribution in [0.15, 0.2) is 42.5 Å². The molecule has 0 spiro atoms. The Morgan fingerprint density at radius 2 is 1.85 bits per heavy atom. The lowest BCUT2D eigenvalue weighted by molar-refractivity contribution is -0.137. The molecule has 2 rings (SSSR count). The molecule has 9 heteroatoms. The van der Waals surface area contributed by atoms with Gasteiger partial charge in [-0.1, -0.05) is 17.7 Å². The first-order chi connectivity index (χ1) is 12.1. The second-order valence-electron chi connectivity index (χ2n) is 5.24. The van der Waals surface area contributed by atoms with E-state index in [2.05, 4.69) is 5.32 Å². The van der Waals surface area contributed by atoms with E-state index >= 15 is 0 Å². The minimum atomic E-state index is -4.56. The third kappa shape index (κ3) is 4.95. The number of nitrogens with one attached hydrogen (secondary N) is 1. The van der Waals surface area contributed by atoms with Gasteiger partial charge in [0, 0.05) is 5.69 Å². The number of hydrogen-bond donors (Lipinski definition) is 1. The summed E-state index contributed by atoms with van der Waals surface area (Å²) < 4.78 is 55.9. The van der Waals surface area contributed by atoms with E-state index in [-0.39, 0.29) is 16.3 Å². The summed E-state index contributed by atoms with van der Waals surface area (Å²) in [5.41, 5.74) is -1.18. The summed E-state index contributed by atoms with van der Waals surface area (Å²) >= 11 is 5.73. The largest absolute Gasteiger partial charge is 0.449 e. The van der Waals surface area contributed by atoms with E-state index < -0.39 is 35.5 Å². The van der Waals surface area contributed by atoms with E-state index in [1.54, 1.807) is 0 Å². The molecule has 0 fully saturated rings. The summed E-state index contributed by atoms with van der Waals surface area (Å²) in [7, 11) is 0. The van der Waals surface area contributed by atoms with Gasteiger partial charge in [-0.05, 0) is 43.3 Å². The first kappa shape index (κ1) is 19.7. The molecule has 0 aliphatic carbocycles. The maximum absolute atomic E-state index is 13.0. The van der Waals surface area contributed by atoms with Crippen LogP contribution < -0.4 is 5.32 Å². The number of amides is 1. The number of rotatable bonds is 4. The average molecular weight is 390 g/mol. The number of carbonyl (C=O) groups is 2. The van der Waals surface area contributed by atoms with Crippen LogP contribution in [0.25, 0.3) is 0 Å². The predicted molar refractivity (Wildman–Crippen MR) is 86.4 cm³/mol. The highest BCUT2D eigenvalue weighted by Gasteiger charge is 2.30. The lowest BCUT2D eigenvalue weighted by atomic mass is 10.2. The molecule has 1 atom stereocenters. The Morgan fingerprint density at radius 3 is 2.46 bits per heavy atom. The average Bonchev–Trinajstić information content (AvgIpc) is 2.54. The van der Waals surface area contributed by atoms with Crippen LogP contribution in [0.5, 0.6) is 0 Å². The Hall–Kier alpha value is -2.61. The normalized spacial score (nSPS) is 12.4. The molecule has 0 aliphatic heterocycles. The lowest BCUT2D eigenvalue weighted by Gasteiger charge is -2.15. The van der Waals surface area contributed by atoms with Gasteiger partial charge in [-0.2, -0.15) is 13.2 Å². The molecule has 1 N–H and O–H groups in total. The number of esters is 1. The summed E-state index contributed by atoms with van der Waals surface area (Å²) in [6, 6.07) is 7.00. The van der Waals surface area contributed by atoms with Gasteiger partial charge in [0.1, 0.15) is 5.82 Å². The standard InChI is InChI=1S/C17H12ClF4NO3/c1-9(26-16(25)13-6-5-11(19)8-14(13)18)15(24)23-12-4-2-3-10(7-12)17(20,21)22/h2-9H,1H3,(H,23,24)/t9-/m0/s1. The van der Waals surface area contributed by atoms with Crippen LogP contribution in [0.4, 0.5) is 23.2 Å². The van der Waals surface area contributed by atoms with E-state index in [9.17, 15) is 27.2 Å². The Labute approximate surface area is 150 Å². The maximum Gasteiger partial charge on any atom is 0.416 e. The molecule has 0 heterocycles. The summed E-state index contributed by atoms with van der Waals surface area (Å²) in [6.45, 7) is 1.23. The van der Waals surface area contributed by atoms with Gasteiger partial charge in [0.25, 0.3) is 5.91 Å². The number of carbonyl (C=O) groups excluding carboxylic acids is 2. The minimum absolute atomic E-state index is 0.104. The molecule has 0 aliphatic rings. The molecule has 0 bridgehead atoms. The van der Waals surface area contributed by atoms with Crippen molar-refractivity contribution in [1.82, 2.24) is 0 Å². The quantitative estimate of drug-likeness (QED) is 0.610. The summed E-state index contributed by atoms with van der Waals surface area (Å²) in [4.78, 5) is 24.0. The van der Waals surface area contributed by atoms with E-state index in [4.69, 9.17) is 16.3 Å². The van der Waals surface area contributed by atoms with Crippen molar-refractivity contribution in [2.45, 2.75) is 19.2 Å². The second kappa shape index (κ2) is 7.74. The molecule has 2 aromatic rings. The Balaban J connectivity index is 2.05. The number of hydrogen-bond acceptors (Lipinski definition) is 3. The lowest BCUT2D eigenvalue weighted by Crippen LogP contribution is -2.30. The highest BCUT2D eigenvalue weighted by molar-refractivity contribution is 6.33. The highest BCUT2D eigenvalue weighted by Crippen LogP contribution is 2.30. The number of ether oxygens (including phenoxy) is 1. The summed E-state index contributed by atoms with van der Waals surface area (Å²) in [6.07, 6.45) is -5.88. The van der Waals surface area contributed by atoms with Crippen LogP contribution in [-0.2, 0) is 15.7 Å². The van der Waals surface area contributed by atoms with Crippen LogP contribution in [0.3, 0.4) is 0 Å². The molecule has 2 aromatic carbocycles. The first-order valence-electron chi connectivity index (χ1n) is 7.22. The van der Waals surface area contributed by atoms with E-state index in [0.717, 1.165) is 36.4 Å². The monoisotopic (exact) mass is 389 g/mol. The van der Waals surface area contributed by atoms with Crippen molar-refractivity contribution in [3.63, 3.8) is 0 Å². The topological polar surface area (TPSA) is 55.4 Å². The minimum Gasteiger partial charge on any atom is -0.449 e. The molecule has 26 heavy (non-hydrogen) atoms. The van der Waals surface area contributed by atoms with Gasteiger partial charge in [0.15, 0.2) is 6.10 Å². The fraction of sp³-hybridized carbons (Fsp3) is 0.176. The van der Waals surface area contributed by atoms with Gasteiger partial charge >= 0.3 is 12.1 Å². The zero-order valence-electron chi connectivity index (χ0n) is 13.2. The van der Waals surface area contributed by atoms with Gasteiger partial charge in [-0.3, -0.25) is 4.79 Å². The fourth-order valence-electron chi connectivity index (χ4n) is 1.95. The van der Waals surface area contributed by atoms with Gasteiger partial charge < -0.3 is 10.1 Å². The van der Waals surface area contributed by atoms with E-state index in [1.807, 2.05) is 0 Å². The molecular formula is C17H12ClF4NO3. The van der Waals surface area contributed by atoms with Crippen molar-refractivity contribution < 1.29 is 31.9 Å². The molecule has 1 amide bonds. The van der Waals surface area contributed by atoms with Crippen LogP contribution in [-0.4, -0.2) is 18.0 Å². The molecular weight excluding hydrogens is 378 g/mol. The summed E-state index contributed by atoms with van der Waals surface area (Å²) in [5.74, 6) is -2.46. The number of alkyl halides is 3. The summed E-state index contributed by atoms with van der Waals surface area (Å²) in [5, 5.41) is 2.03. The molecule has 138 valence electrons. The predicted octanol–water partition coefficient (Wildman–Crippen LogP) is 4.68. The Morgan fingerprint density at radius 1 is 1.15 bits per heavy atom.